The Bertz CT molecular complexity index is 1110. The summed E-state index contributed by atoms with van der Waals surface area (Å²) in [5, 5.41) is 11.5. The van der Waals surface area contributed by atoms with E-state index in [1.165, 1.54) is 0 Å². The predicted molar refractivity (Wildman–Crippen MR) is 107 cm³/mol. The van der Waals surface area contributed by atoms with E-state index in [1.54, 1.807) is 12.4 Å². The summed E-state index contributed by atoms with van der Waals surface area (Å²) in [6.07, 6.45) is 5.46. The number of aromatic nitrogens is 5. The first-order valence-corrected chi connectivity index (χ1v) is 8.88. The van der Waals surface area contributed by atoms with E-state index in [0.717, 1.165) is 33.4 Å². The first kappa shape index (κ1) is 17.0. The summed E-state index contributed by atoms with van der Waals surface area (Å²) in [7, 11) is 0. The van der Waals surface area contributed by atoms with Crippen LogP contribution in [-0.2, 0) is 0 Å². The minimum absolute atomic E-state index is 0.390. The van der Waals surface area contributed by atoms with Crippen LogP contribution in [0.4, 0.5) is 11.6 Å². The van der Waals surface area contributed by atoms with Gasteiger partial charge in [0.25, 0.3) is 0 Å². The van der Waals surface area contributed by atoms with Gasteiger partial charge in [-0.3, -0.25) is 9.97 Å². The average molecular weight is 356 g/mol. The largest absolute Gasteiger partial charge is 0.323 e. The molecule has 0 saturated carbocycles. The van der Waals surface area contributed by atoms with E-state index >= 15 is 0 Å². The molecule has 0 amide bonds. The molecule has 6 heteroatoms. The Labute approximate surface area is 157 Å². The quantitative estimate of drug-likeness (QED) is 0.573. The fourth-order valence-corrected chi connectivity index (χ4v) is 2.85. The third-order valence-corrected chi connectivity index (χ3v) is 4.37. The van der Waals surface area contributed by atoms with Crippen LogP contribution < -0.4 is 5.32 Å². The lowest BCUT2D eigenvalue weighted by molar-refractivity contribution is 0.843. The summed E-state index contributed by atoms with van der Waals surface area (Å²) in [6.45, 7) is 6.23. The van der Waals surface area contributed by atoms with Crippen LogP contribution in [0.25, 0.3) is 22.2 Å². The van der Waals surface area contributed by atoms with Crippen LogP contribution in [-0.4, -0.2) is 25.1 Å². The Morgan fingerprint density at radius 2 is 1.74 bits per heavy atom. The SMILES string of the molecule is Cc1cc(-c2cnc3ccc(Nc4cc(C(C)C)cnn4)nc3c2)ccn1. The van der Waals surface area contributed by atoms with E-state index in [-0.39, 0.29) is 0 Å². The van der Waals surface area contributed by atoms with Gasteiger partial charge in [-0.2, -0.15) is 5.10 Å². The second-order valence-corrected chi connectivity index (χ2v) is 6.80. The monoisotopic (exact) mass is 356 g/mol. The number of aryl methyl sites for hydroxylation is 1. The van der Waals surface area contributed by atoms with Crippen molar-refractivity contribution in [3.05, 3.63) is 66.2 Å². The molecule has 4 aromatic rings. The number of pyridine rings is 3. The first-order chi connectivity index (χ1) is 13.1. The molecule has 0 spiro atoms. The van der Waals surface area contributed by atoms with Crippen molar-refractivity contribution in [3.8, 4) is 11.1 Å². The Balaban J connectivity index is 1.68. The molecule has 0 fully saturated rings. The summed E-state index contributed by atoms with van der Waals surface area (Å²) in [5.41, 5.74) is 5.86. The van der Waals surface area contributed by atoms with Crippen molar-refractivity contribution in [2.24, 2.45) is 0 Å². The highest BCUT2D eigenvalue weighted by molar-refractivity contribution is 5.81. The zero-order valence-electron chi connectivity index (χ0n) is 15.5. The molecule has 134 valence electrons. The number of hydrogen-bond donors (Lipinski definition) is 1. The van der Waals surface area contributed by atoms with Gasteiger partial charge in [-0.25, -0.2) is 4.98 Å². The maximum atomic E-state index is 4.70. The molecule has 0 aliphatic heterocycles. The number of nitrogens with one attached hydrogen (secondary N) is 1. The van der Waals surface area contributed by atoms with Crippen molar-refractivity contribution in [1.82, 2.24) is 25.1 Å². The lowest BCUT2D eigenvalue weighted by Crippen LogP contribution is -2.00. The van der Waals surface area contributed by atoms with Crippen molar-refractivity contribution >= 4 is 22.7 Å². The first-order valence-electron chi connectivity index (χ1n) is 8.88. The summed E-state index contributed by atoms with van der Waals surface area (Å²) in [6, 6.07) is 11.9. The highest BCUT2D eigenvalue weighted by atomic mass is 15.2. The molecule has 1 N–H and O–H groups in total. The van der Waals surface area contributed by atoms with Crippen LogP contribution in [0, 0.1) is 6.92 Å². The topological polar surface area (TPSA) is 76.5 Å². The molecular formula is C21H20N6. The van der Waals surface area contributed by atoms with Crippen LogP contribution in [0.3, 0.4) is 0 Å². The molecule has 0 aliphatic carbocycles. The molecule has 27 heavy (non-hydrogen) atoms. The molecule has 4 rings (SSSR count). The van der Waals surface area contributed by atoms with Gasteiger partial charge in [0, 0.05) is 23.7 Å². The van der Waals surface area contributed by atoms with Crippen LogP contribution in [0.5, 0.6) is 0 Å². The fourth-order valence-electron chi connectivity index (χ4n) is 2.85. The molecule has 4 aromatic heterocycles. The molecule has 6 nitrogen and oxygen atoms in total. The van der Waals surface area contributed by atoms with E-state index in [9.17, 15) is 0 Å². The molecule has 4 heterocycles. The number of hydrogen-bond acceptors (Lipinski definition) is 6. The minimum Gasteiger partial charge on any atom is -0.323 e. The van der Waals surface area contributed by atoms with E-state index < -0.39 is 0 Å². The Morgan fingerprint density at radius 1 is 0.852 bits per heavy atom. The van der Waals surface area contributed by atoms with E-state index in [0.29, 0.717) is 17.6 Å². The van der Waals surface area contributed by atoms with E-state index in [4.69, 9.17) is 4.98 Å². The lowest BCUT2D eigenvalue weighted by Gasteiger charge is -2.09. The maximum absolute atomic E-state index is 4.70. The van der Waals surface area contributed by atoms with Gasteiger partial charge in [-0.05, 0) is 60.4 Å². The van der Waals surface area contributed by atoms with Crippen LogP contribution in [0.15, 0.2) is 55.0 Å². The Morgan fingerprint density at radius 3 is 2.56 bits per heavy atom. The van der Waals surface area contributed by atoms with Gasteiger partial charge < -0.3 is 5.32 Å². The summed E-state index contributed by atoms with van der Waals surface area (Å²) >= 11 is 0. The van der Waals surface area contributed by atoms with Gasteiger partial charge >= 0.3 is 0 Å². The molecule has 0 atom stereocenters. The molecule has 0 saturated heterocycles. The highest BCUT2D eigenvalue weighted by Crippen LogP contribution is 2.24. The normalized spacial score (nSPS) is 11.1. The van der Waals surface area contributed by atoms with Gasteiger partial charge in [0.05, 0.1) is 17.2 Å². The molecule has 0 unspecified atom stereocenters. The van der Waals surface area contributed by atoms with Gasteiger partial charge in [0.1, 0.15) is 5.82 Å². The second-order valence-electron chi connectivity index (χ2n) is 6.80. The number of anilines is 2. The summed E-state index contributed by atoms with van der Waals surface area (Å²) in [4.78, 5) is 13.5. The third-order valence-electron chi connectivity index (χ3n) is 4.37. The molecular weight excluding hydrogens is 336 g/mol. The van der Waals surface area contributed by atoms with Crippen molar-refractivity contribution in [2.45, 2.75) is 26.7 Å². The zero-order chi connectivity index (χ0) is 18.8. The maximum Gasteiger partial charge on any atom is 0.154 e. The Hall–Kier alpha value is -3.41. The number of nitrogens with zero attached hydrogens (tertiary/aromatic N) is 5. The van der Waals surface area contributed by atoms with Gasteiger partial charge in [0.15, 0.2) is 5.82 Å². The van der Waals surface area contributed by atoms with Crippen LogP contribution in [0.2, 0.25) is 0 Å². The van der Waals surface area contributed by atoms with Gasteiger partial charge in [-0.1, -0.05) is 13.8 Å². The van der Waals surface area contributed by atoms with Gasteiger partial charge in [-0.15, -0.1) is 5.10 Å². The number of rotatable bonds is 4. The standard InChI is InChI=1S/C21H20N6/c1-13(2)16-10-21(27-24-12-16)26-20-5-4-18-19(25-20)9-17(11-23-18)15-6-7-22-14(3)8-15/h4-13H,1-3H3,(H,25,26,27). The lowest BCUT2D eigenvalue weighted by atomic mass is 10.1. The van der Waals surface area contributed by atoms with Crippen molar-refractivity contribution in [3.63, 3.8) is 0 Å². The average Bonchev–Trinajstić information content (AvgIpc) is 2.67. The molecule has 0 aromatic carbocycles. The predicted octanol–water partition coefficient (Wildman–Crippen LogP) is 4.66. The Kier molecular flexibility index (Phi) is 4.46. The van der Waals surface area contributed by atoms with Crippen molar-refractivity contribution in [1.29, 1.82) is 0 Å². The molecule has 0 bridgehead atoms. The summed E-state index contributed by atoms with van der Waals surface area (Å²) in [5.74, 6) is 1.78. The highest BCUT2D eigenvalue weighted by Gasteiger charge is 2.07. The smallest absolute Gasteiger partial charge is 0.154 e. The summed E-state index contributed by atoms with van der Waals surface area (Å²) < 4.78 is 0. The third kappa shape index (κ3) is 3.74. The van der Waals surface area contributed by atoms with Crippen molar-refractivity contribution in [2.75, 3.05) is 5.32 Å². The van der Waals surface area contributed by atoms with Crippen LogP contribution in [0.1, 0.15) is 31.0 Å². The second kappa shape index (κ2) is 7.07. The zero-order valence-corrected chi connectivity index (χ0v) is 15.5. The number of fused-ring (bicyclic) bond motifs is 1. The van der Waals surface area contributed by atoms with Crippen molar-refractivity contribution < 1.29 is 0 Å². The molecule has 0 radical (unpaired) electrons. The van der Waals surface area contributed by atoms with Crippen LogP contribution >= 0.6 is 0 Å². The van der Waals surface area contributed by atoms with E-state index in [2.05, 4.69) is 39.3 Å². The fraction of sp³-hybridized carbons (Fsp3) is 0.190. The minimum atomic E-state index is 0.390. The van der Waals surface area contributed by atoms with E-state index in [1.807, 2.05) is 49.5 Å². The van der Waals surface area contributed by atoms with Gasteiger partial charge in [0.2, 0.25) is 0 Å². The molecule has 0 aliphatic rings.